The van der Waals surface area contributed by atoms with Crippen LogP contribution in [0.25, 0.3) is 0 Å². The van der Waals surface area contributed by atoms with Gasteiger partial charge in [-0.15, -0.1) is 0 Å². The third kappa shape index (κ3) is 3.79. The summed E-state index contributed by atoms with van der Waals surface area (Å²) in [5.41, 5.74) is 1.28. The summed E-state index contributed by atoms with van der Waals surface area (Å²) >= 11 is 0. The zero-order valence-electron chi connectivity index (χ0n) is 14.1. The summed E-state index contributed by atoms with van der Waals surface area (Å²) in [7, 11) is 1.54. The fourth-order valence-corrected chi connectivity index (χ4v) is 3.06. The molecule has 1 N–H and O–H groups in total. The summed E-state index contributed by atoms with van der Waals surface area (Å²) in [6, 6.07) is 10.4. The first-order valence-electron chi connectivity index (χ1n) is 8.34. The molecule has 0 saturated carbocycles. The molecule has 0 aliphatic carbocycles. The van der Waals surface area contributed by atoms with Gasteiger partial charge < -0.3 is 15.0 Å². The zero-order chi connectivity index (χ0) is 17.6. The molecule has 130 valence electrons. The fraction of sp³-hybridized carbons (Fsp3) is 0.316. The van der Waals surface area contributed by atoms with E-state index in [9.17, 15) is 9.59 Å². The Labute approximate surface area is 146 Å². The molecule has 3 rings (SSSR count). The number of hydrogen-bond acceptors (Lipinski definition) is 4. The number of nitrogens with zero attached hydrogens (tertiary/aromatic N) is 2. The quantitative estimate of drug-likeness (QED) is 0.909. The first-order chi connectivity index (χ1) is 12.2. The van der Waals surface area contributed by atoms with Gasteiger partial charge in [-0.3, -0.25) is 14.6 Å². The maximum Gasteiger partial charge on any atom is 0.251 e. The molecular weight excluding hydrogens is 318 g/mol. The molecule has 1 saturated heterocycles. The summed E-state index contributed by atoms with van der Waals surface area (Å²) in [6.07, 6.45) is 5.38. The molecule has 0 unspecified atom stereocenters. The number of benzene rings is 1. The van der Waals surface area contributed by atoms with Gasteiger partial charge in [-0.2, -0.15) is 0 Å². The van der Waals surface area contributed by atoms with Crippen LogP contribution in [0.5, 0.6) is 5.75 Å². The van der Waals surface area contributed by atoms with Gasteiger partial charge in [-0.05, 0) is 18.4 Å². The van der Waals surface area contributed by atoms with Crippen LogP contribution in [0.15, 0.2) is 48.8 Å². The monoisotopic (exact) mass is 339 g/mol. The number of methoxy groups -OCH3 is 1. The second-order valence-corrected chi connectivity index (χ2v) is 5.92. The van der Waals surface area contributed by atoms with Crippen molar-refractivity contribution in [1.29, 1.82) is 0 Å². The Hall–Kier alpha value is -2.89. The summed E-state index contributed by atoms with van der Waals surface area (Å²) in [5.74, 6) is 0.265. The lowest BCUT2D eigenvalue weighted by atomic mass is 10.0. The Morgan fingerprint density at radius 2 is 2.04 bits per heavy atom. The molecular formula is C19H21N3O3. The van der Waals surface area contributed by atoms with Crippen molar-refractivity contribution in [3.8, 4) is 5.75 Å². The van der Waals surface area contributed by atoms with Gasteiger partial charge in [0.15, 0.2) is 0 Å². The van der Waals surface area contributed by atoms with E-state index in [2.05, 4.69) is 10.3 Å². The van der Waals surface area contributed by atoms with Crippen LogP contribution in [0, 0.1) is 0 Å². The van der Waals surface area contributed by atoms with Gasteiger partial charge in [0.2, 0.25) is 5.91 Å². The molecule has 25 heavy (non-hydrogen) atoms. The number of likely N-dealkylation sites (tertiary alicyclic amines) is 1. The first-order valence-corrected chi connectivity index (χ1v) is 8.34. The number of carbonyl (C=O) groups is 2. The maximum atomic E-state index is 13.0. The lowest BCUT2D eigenvalue weighted by Crippen LogP contribution is -2.43. The van der Waals surface area contributed by atoms with E-state index in [-0.39, 0.29) is 11.8 Å². The number of carbonyl (C=O) groups excluding carboxylic acids is 2. The largest absolute Gasteiger partial charge is 0.494 e. The Morgan fingerprint density at radius 1 is 1.24 bits per heavy atom. The Morgan fingerprint density at radius 3 is 2.76 bits per heavy atom. The van der Waals surface area contributed by atoms with E-state index in [1.54, 1.807) is 17.2 Å². The topological polar surface area (TPSA) is 71.5 Å². The summed E-state index contributed by atoms with van der Waals surface area (Å²) < 4.78 is 5.26. The lowest BCUT2D eigenvalue weighted by molar-refractivity contribution is -0.141. The molecule has 0 spiro atoms. The average Bonchev–Trinajstić information content (AvgIpc) is 2.65. The first kappa shape index (κ1) is 17.0. The van der Waals surface area contributed by atoms with Crippen LogP contribution in [0.3, 0.4) is 0 Å². The molecule has 2 heterocycles. The van der Waals surface area contributed by atoms with Gasteiger partial charge in [-0.1, -0.05) is 30.3 Å². The molecule has 1 aliphatic heterocycles. The Kier molecular flexibility index (Phi) is 5.28. The van der Waals surface area contributed by atoms with Crippen LogP contribution < -0.4 is 10.1 Å². The van der Waals surface area contributed by atoms with E-state index >= 15 is 0 Å². The predicted molar refractivity (Wildman–Crippen MR) is 94.2 cm³/mol. The molecule has 2 aromatic rings. The van der Waals surface area contributed by atoms with Gasteiger partial charge in [0.25, 0.3) is 5.91 Å². The Balaban J connectivity index is 1.91. The highest BCUT2D eigenvalue weighted by atomic mass is 16.5. The molecule has 6 heteroatoms. The molecule has 1 aliphatic rings. The van der Waals surface area contributed by atoms with Gasteiger partial charge >= 0.3 is 0 Å². The number of anilines is 1. The van der Waals surface area contributed by atoms with Crippen molar-refractivity contribution in [2.24, 2.45) is 0 Å². The van der Waals surface area contributed by atoms with Crippen LogP contribution in [0.2, 0.25) is 0 Å². The average molecular weight is 339 g/mol. The molecule has 1 fully saturated rings. The van der Waals surface area contributed by atoms with E-state index < -0.39 is 6.04 Å². The van der Waals surface area contributed by atoms with Crippen molar-refractivity contribution in [1.82, 2.24) is 9.88 Å². The minimum atomic E-state index is -0.668. The molecule has 1 aromatic heterocycles. The van der Waals surface area contributed by atoms with Gasteiger partial charge in [0.05, 0.1) is 13.3 Å². The zero-order valence-corrected chi connectivity index (χ0v) is 14.1. The maximum absolute atomic E-state index is 13.0. The molecule has 6 nitrogen and oxygen atoms in total. The van der Waals surface area contributed by atoms with E-state index in [1.165, 1.54) is 13.3 Å². The highest BCUT2D eigenvalue weighted by molar-refractivity contribution is 5.98. The van der Waals surface area contributed by atoms with Crippen molar-refractivity contribution in [2.45, 2.75) is 25.3 Å². The number of nitrogens with one attached hydrogen (secondary N) is 1. The number of rotatable bonds is 5. The van der Waals surface area contributed by atoms with Crippen molar-refractivity contribution in [3.05, 3.63) is 54.4 Å². The summed E-state index contributed by atoms with van der Waals surface area (Å²) in [6.45, 7) is 0.579. The van der Waals surface area contributed by atoms with Gasteiger partial charge in [-0.25, -0.2) is 0 Å². The number of ether oxygens (including phenoxy) is 1. The number of piperidine rings is 1. The molecule has 1 aromatic carbocycles. The predicted octanol–water partition coefficient (Wildman–Crippen LogP) is 2.78. The highest BCUT2D eigenvalue weighted by Gasteiger charge is 2.33. The van der Waals surface area contributed by atoms with Crippen molar-refractivity contribution in [3.63, 3.8) is 0 Å². The minimum absolute atomic E-state index is 0.00778. The Bertz CT molecular complexity index is 749. The van der Waals surface area contributed by atoms with Crippen LogP contribution in [-0.2, 0) is 9.59 Å². The second-order valence-electron chi connectivity index (χ2n) is 5.92. The van der Waals surface area contributed by atoms with Crippen LogP contribution in [0.1, 0.15) is 30.9 Å². The highest BCUT2D eigenvalue weighted by Crippen LogP contribution is 2.29. The number of aromatic nitrogens is 1. The molecule has 2 amide bonds. The minimum Gasteiger partial charge on any atom is -0.494 e. The summed E-state index contributed by atoms with van der Waals surface area (Å²) in [4.78, 5) is 31.1. The third-order valence-electron chi connectivity index (χ3n) is 4.29. The van der Waals surface area contributed by atoms with Gasteiger partial charge in [0, 0.05) is 25.2 Å². The molecule has 0 bridgehead atoms. The van der Waals surface area contributed by atoms with E-state index in [4.69, 9.17) is 4.74 Å². The second kappa shape index (κ2) is 7.79. The smallest absolute Gasteiger partial charge is 0.251 e. The van der Waals surface area contributed by atoms with Gasteiger partial charge in [0.1, 0.15) is 17.5 Å². The van der Waals surface area contributed by atoms with Crippen molar-refractivity contribution < 1.29 is 14.3 Å². The van der Waals surface area contributed by atoms with E-state index in [1.807, 2.05) is 30.3 Å². The molecule has 1 atom stereocenters. The van der Waals surface area contributed by atoms with Crippen LogP contribution in [0.4, 0.5) is 5.69 Å². The number of hydrogen-bond donors (Lipinski definition) is 1. The third-order valence-corrected chi connectivity index (χ3v) is 4.29. The van der Waals surface area contributed by atoms with E-state index in [0.717, 1.165) is 18.4 Å². The molecule has 0 radical (unpaired) electrons. The fourth-order valence-electron chi connectivity index (χ4n) is 3.06. The lowest BCUT2D eigenvalue weighted by Gasteiger charge is -2.34. The van der Waals surface area contributed by atoms with E-state index in [0.29, 0.717) is 24.4 Å². The normalized spacial score (nSPS) is 15.6. The standard InChI is InChI=1S/C19H21N3O3/c1-25-16-10-11-20-13-15(16)21-19(24)18(14-7-3-2-4-8-14)22-12-6-5-9-17(22)23/h2-4,7-8,10-11,13,18H,5-6,9,12H2,1H3,(H,21,24)/t18-/m0/s1. The number of pyridine rings is 1. The van der Waals surface area contributed by atoms with Crippen LogP contribution in [-0.4, -0.2) is 35.4 Å². The van der Waals surface area contributed by atoms with Crippen LogP contribution >= 0.6 is 0 Å². The summed E-state index contributed by atoms with van der Waals surface area (Å²) in [5, 5.41) is 2.86. The SMILES string of the molecule is COc1ccncc1NC(=O)[C@H](c1ccccc1)N1CCCCC1=O. The van der Waals surface area contributed by atoms with Crippen molar-refractivity contribution >= 4 is 17.5 Å². The van der Waals surface area contributed by atoms with Crippen molar-refractivity contribution in [2.75, 3.05) is 19.0 Å². The number of amides is 2.